The SMILES string of the molecule is CC(C)(C)[Si](C)(C)OC[C@@H]1[C@H](COC=O)[C@@H]2CC[C@H]1O2. The lowest BCUT2D eigenvalue weighted by Crippen LogP contribution is -2.44. The summed E-state index contributed by atoms with van der Waals surface area (Å²) in [5, 5.41) is 0.222. The summed E-state index contributed by atoms with van der Waals surface area (Å²) < 4.78 is 17.3. The summed E-state index contributed by atoms with van der Waals surface area (Å²) >= 11 is 0. The third kappa shape index (κ3) is 3.10. The summed E-state index contributed by atoms with van der Waals surface area (Å²) in [6, 6.07) is 0. The molecule has 0 unspecified atom stereocenters. The molecule has 116 valence electrons. The van der Waals surface area contributed by atoms with Crippen molar-refractivity contribution in [3.8, 4) is 0 Å². The van der Waals surface area contributed by atoms with Crippen molar-refractivity contribution in [1.29, 1.82) is 0 Å². The van der Waals surface area contributed by atoms with Crippen LogP contribution in [0.1, 0.15) is 33.6 Å². The van der Waals surface area contributed by atoms with Crippen molar-refractivity contribution in [2.24, 2.45) is 11.8 Å². The highest BCUT2D eigenvalue weighted by atomic mass is 28.4. The van der Waals surface area contributed by atoms with Gasteiger partial charge in [-0.25, -0.2) is 0 Å². The Labute approximate surface area is 123 Å². The first-order valence-electron chi connectivity index (χ1n) is 7.61. The Kier molecular flexibility index (Phi) is 4.62. The second-order valence-electron chi connectivity index (χ2n) is 7.62. The van der Waals surface area contributed by atoms with Crippen LogP contribution in [-0.4, -0.2) is 40.2 Å². The third-order valence-electron chi connectivity index (χ3n) is 5.39. The lowest BCUT2D eigenvalue weighted by Gasteiger charge is -2.38. The van der Waals surface area contributed by atoms with Crippen LogP contribution in [0.5, 0.6) is 0 Å². The quantitative estimate of drug-likeness (QED) is 0.559. The molecule has 0 aromatic heterocycles. The smallest absolute Gasteiger partial charge is 0.293 e. The molecule has 4 nitrogen and oxygen atoms in total. The van der Waals surface area contributed by atoms with Crippen molar-refractivity contribution in [3.63, 3.8) is 0 Å². The molecule has 0 spiro atoms. The van der Waals surface area contributed by atoms with Gasteiger partial charge in [0, 0.05) is 18.4 Å². The number of rotatable bonds is 6. The maximum Gasteiger partial charge on any atom is 0.293 e. The molecular weight excluding hydrogens is 272 g/mol. The molecule has 2 saturated heterocycles. The zero-order valence-corrected chi connectivity index (χ0v) is 14.3. The highest BCUT2D eigenvalue weighted by Crippen LogP contribution is 2.45. The van der Waals surface area contributed by atoms with Gasteiger partial charge in [0.2, 0.25) is 0 Å². The van der Waals surface area contributed by atoms with E-state index in [1.807, 2.05) is 0 Å². The van der Waals surface area contributed by atoms with E-state index in [1.54, 1.807) is 0 Å². The summed E-state index contributed by atoms with van der Waals surface area (Å²) in [5.41, 5.74) is 0. The Hall–Kier alpha value is -0.393. The normalized spacial score (nSPS) is 33.5. The highest BCUT2D eigenvalue weighted by Gasteiger charge is 2.50. The summed E-state index contributed by atoms with van der Waals surface area (Å²) in [7, 11) is -1.73. The Balaban J connectivity index is 1.95. The van der Waals surface area contributed by atoms with E-state index >= 15 is 0 Å². The van der Waals surface area contributed by atoms with Gasteiger partial charge < -0.3 is 13.9 Å². The molecule has 0 radical (unpaired) electrons. The minimum atomic E-state index is -1.73. The van der Waals surface area contributed by atoms with Gasteiger partial charge in [-0.3, -0.25) is 4.79 Å². The first-order valence-corrected chi connectivity index (χ1v) is 10.5. The van der Waals surface area contributed by atoms with Crippen LogP contribution >= 0.6 is 0 Å². The third-order valence-corrected chi connectivity index (χ3v) is 9.89. The average molecular weight is 300 g/mol. The Morgan fingerprint density at radius 3 is 2.20 bits per heavy atom. The summed E-state index contributed by atoms with van der Waals surface area (Å²) in [6.07, 6.45) is 2.76. The van der Waals surface area contributed by atoms with Gasteiger partial charge in [0.05, 0.1) is 18.8 Å². The molecule has 2 fully saturated rings. The van der Waals surface area contributed by atoms with Crippen molar-refractivity contribution in [1.82, 2.24) is 0 Å². The number of fused-ring (bicyclic) bond motifs is 2. The lowest BCUT2D eigenvalue weighted by molar-refractivity contribution is -0.131. The molecule has 2 aliphatic rings. The topological polar surface area (TPSA) is 44.8 Å². The van der Waals surface area contributed by atoms with E-state index in [0.29, 0.717) is 31.0 Å². The molecular formula is C15H28O4Si. The maximum absolute atomic E-state index is 10.4. The molecule has 0 aliphatic carbocycles. The van der Waals surface area contributed by atoms with Crippen molar-refractivity contribution < 1.29 is 18.7 Å². The van der Waals surface area contributed by atoms with E-state index in [1.165, 1.54) is 0 Å². The first-order chi connectivity index (χ1) is 9.26. The number of ether oxygens (including phenoxy) is 2. The molecule has 0 amide bonds. The average Bonchev–Trinajstić information content (AvgIpc) is 2.93. The summed E-state index contributed by atoms with van der Waals surface area (Å²) in [4.78, 5) is 10.4. The molecule has 2 heterocycles. The van der Waals surface area contributed by atoms with E-state index in [0.717, 1.165) is 19.4 Å². The molecule has 2 bridgehead atoms. The fourth-order valence-electron chi connectivity index (χ4n) is 3.00. The van der Waals surface area contributed by atoms with Gasteiger partial charge in [-0.15, -0.1) is 0 Å². The van der Waals surface area contributed by atoms with Gasteiger partial charge >= 0.3 is 0 Å². The summed E-state index contributed by atoms with van der Waals surface area (Å²) in [5.74, 6) is 0.687. The predicted octanol–water partition coefficient (Wildman–Crippen LogP) is 2.97. The highest BCUT2D eigenvalue weighted by molar-refractivity contribution is 6.74. The van der Waals surface area contributed by atoms with Gasteiger partial charge in [-0.2, -0.15) is 0 Å². The number of carbonyl (C=O) groups excluding carboxylic acids is 1. The fraction of sp³-hybridized carbons (Fsp3) is 0.933. The molecule has 0 N–H and O–H groups in total. The zero-order chi connectivity index (χ0) is 15.0. The van der Waals surface area contributed by atoms with E-state index in [-0.39, 0.29) is 11.1 Å². The minimum absolute atomic E-state index is 0.222. The van der Waals surface area contributed by atoms with Crippen molar-refractivity contribution in [3.05, 3.63) is 0 Å². The molecule has 5 heteroatoms. The Bertz CT molecular complexity index is 350. The Morgan fingerprint density at radius 2 is 1.70 bits per heavy atom. The van der Waals surface area contributed by atoms with Gasteiger partial charge in [0.25, 0.3) is 6.47 Å². The lowest BCUT2D eigenvalue weighted by atomic mass is 9.80. The molecule has 4 atom stereocenters. The van der Waals surface area contributed by atoms with Gasteiger partial charge in [-0.05, 0) is 31.0 Å². The first kappa shape index (κ1) is 16.0. The van der Waals surface area contributed by atoms with Crippen LogP contribution in [-0.2, 0) is 18.7 Å². The van der Waals surface area contributed by atoms with E-state index in [9.17, 15) is 4.79 Å². The molecule has 0 saturated carbocycles. The van der Waals surface area contributed by atoms with Gasteiger partial charge in [0.1, 0.15) is 0 Å². The van der Waals surface area contributed by atoms with Crippen molar-refractivity contribution >= 4 is 14.8 Å². The number of carbonyl (C=O) groups is 1. The van der Waals surface area contributed by atoms with Crippen LogP contribution in [0.2, 0.25) is 18.1 Å². The van der Waals surface area contributed by atoms with Crippen molar-refractivity contribution in [2.75, 3.05) is 13.2 Å². The van der Waals surface area contributed by atoms with Crippen LogP contribution in [0.15, 0.2) is 0 Å². The molecule has 0 aromatic carbocycles. The fourth-order valence-corrected chi connectivity index (χ4v) is 4.05. The Morgan fingerprint density at radius 1 is 1.15 bits per heavy atom. The monoisotopic (exact) mass is 300 g/mol. The summed E-state index contributed by atoms with van der Waals surface area (Å²) in [6.45, 7) is 13.1. The van der Waals surface area contributed by atoms with Crippen molar-refractivity contribution in [2.45, 2.75) is 64.0 Å². The predicted molar refractivity (Wildman–Crippen MR) is 80.0 cm³/mol. The maximum atomic E-state index is 10.4. The molecule has 2 aliphatic heterocycles. The van der Waals surface area contributed by atoms with E-state index in [4.69, 9.17) is 13.9 Å². The van der Waals surface area contributed by atoms with E-state index in [2.05, 4.69) is 33.9 Å². The van der Waals surface area contributed by atoms with Gasteiger partial charge in [-0.1, -0.05) is 20.8 Å². The second kappa shape index (κ2) is 5.77. The van der Waals surface area contributed by atoms with Gasteiger partial charge in [0.15, 0.2) is 8.32 Å². The number of hydrogen-bond donors (Lipinski definition) is 0. The molecule has 2 rings (SSSR count). The van der Waals surface area contributed by atoms with Crippen LogP contribution in [0.25, 0.3) is 0 Å². The van der Waals surface area contributed by atoms with Crippen LogP contribution in [0.4, 0.5) is 0 Å². The zero-order valence-electron chi connectivity index (χ0n) is 13.3. The largest absolute Gasteiger partial charge is 0.467 e. The van der Waals surface area contributed by atoms with Crippen LogP contribution < -0.4 is 0 Å². The van der Waals surface area contributed by atoms with Crippen LogP contribution in [0, 0.1) is 11.8 Å². The van der Waals surface area contributed by atoms with Crippen LogP contribution in [0.3, 0.4) is 0 Å². The standard InChI is InChI=1S/C15H28O4Si/c1-15(2,3)20(4,5)18-9-12-11(8-17-10-16)13-6-7-14(12)19-13/h10-14H,6-9H2,1-5H3/t11-,12+,13-,14+/m0/s1. The molecule has 0 aromatic rings. The molecule has 20 heavy (non-hydrogen) atoms. The minimum Gasteiger partial charge on any atom is -0.467 e. The second-order valence-corrected chi connectivity index (χ2v) is 12.4. The number of hydrogen-bond acceptors (Lipinski definition) is 4. The van der Waals surface area contributed by atoms with E-state index < -0.39 is 8.32 Å².